The van der Waals surface area contributed by atoms with Crippen molar-refractivity contribution in [3.8, 4) is 17.3 Å². The number of aromatic nitrogens is 2. The number of carbonyl (C=O) groups is 2. The Labute approximate surface area is 209 Å². The molecule has 0 aliphatic heterocycles. The Bertz CT molecular complexity index is 1430. The van der Waals surface area contributed by atoms with E-state index in [1.54, 1.807) is 49.1 Å². The number of amides is 2. The summed E-state index contributed by atoms with van der Waals surface area (Å²) in [6.07, 6.45) is 3.39. The maximum Gasteiger partial charge on any atom is 0.266 e. The molecule has 4 rings (SSSR count). The van der Waals surface area contributed by atoms with Gasteiger partial charge >= 0.3 is 0 Å². The maximum absolute atomic E-state index is 12.9. The SMILES string of the molecule is CN(C)C(=O)c1ccc(NC(=O)/C(C#N)=C/c2cn(Cc3ccccc3)nc2-c2ccccc2)cc1. The second kappa shape index (κ2) is 11.0. The summed E-state index contributed by atoms with van der Waals surface area (Å²) in [5.41, 5.74) is 4.25. The van der Waals surface area contributed by atoms with Crippen LogP contribution in [0.5, 0.6) is 0 Å². The third kappa shape index (κ3) is 5.75. The van der Waals surface area contributed by atoms with Crippen LogP contribution in [0.3, 0.4) is 0 Å². The Kier molecular flexibility index (Phi) is 7.37. The zero-order chi connectivity index (χ0) is 25.5. The van der Waals surface area contributed by atoms with Crippen molar-refractivity contribution in [3.63, 3.8) is 0 Å². The topological polar surface area (TPSA) is 91.0 Å². The highest BCUT2D eigenvalue weighted by Crippen LogP contribution is 2.25. The summed E-state index contributed by atoms with van der Waals surface area (Å²) < 4.78 is 1.80. The van der Waals surface area contributed by atoms with Crippen LogP contribution in [-0.2, 0) is 11.3 Å². The quantitative estimate of drug-likeness (QED) is 0.306. The van der Waals surface area contributed by atoms with Gasteiger partial charge in [-0.1, -0.05) is 60.7 Å². The molecule has 0 spiro atoms. The summed E-state index contributed by atoms with van der Waals surface area (Å²) >= 11 is 0. The number of anilines is 1. The molecule has 0 aliphatic rings. The molecule has 0 fully saturated rings. The van der Waals surface area contributed by atoms with E-state index in [1.807, 2.05) is 72.9 Å². The number of nitrogens with zero attached hydrogens (tertiary/aromatic N) is 4. The van der Waals surface area contributed by atoms with Gasteiger partial charge in [0.05, 0.1) is 12.2 Å². The fraction of sp³-hybridized carbons (Fsp3) is 0.103. The van der Waals surface area contributed by atoms with Gasteiger partial charge in [-0.05, 0) is 35.9 Å². The molecular weight excluding hydrogens is 450 g/mol. The Morgan fingerprint density at radius 3 is 2.22 bits per heavy atom. The molecule has 1 aromatic heterocycles. The largest absolute Gasteiger partial charge is 0.345 e. The molecular formula is C29H25N5O2. The molecule has 178 valence electrons. The van der Waals surface area contributed by atoms with Gasteiger partial charge in [-0.2, -0.15) is 10.4 Å². The molecule has 7 heteroatoms. The molecule has 0 saturated carbocycles. The average molecular weight is 476 g/mol. The minimum Gasteiger partial charge on any atom is -0.345 e. The van der Waals surface area contributed by atoms with Crippen LogP contribution in [0.4, 0.5) is 5.69 Å². The summed E-state index contributed by atoms with van der Waals surface area (Å²) in [6.45, 7) is 0.556. The summed E-state index contributed by atoms with van der Waals surface area (Å²) in [5, 5.41) is 17.2. The summed E-state index contributed by atoms with van der Waals surface area (Å²) in [6, 6.07) is 28.1. The van der Waals surface area contributed by atoms with Crippen molar-refractivity contribution in [3.05, 3.63) is 113 Å². The van der Waals surface area contributed by atoms with E-state index in [4.69, 9.17) is 5.10 Å². The van der Waals surface area contributed by atoms with Crippen molar-refractivity contribution < 1.29 is 9.59 Å². The first kappa shape index (κ1) is 24.2. The van der Waals surface area contributed by atoms with Crippen LogP contribution in [0.1, 0.15) is 21.5 Å². The molecule has 0 radical (unpaired) electrons. The van der Waals surface area contributed by atoms with Crippen molar-refractivity contribution in [2.45, 2.75) is 6.54 Å². The molecule has 0 atom stereocenters. The smallest absolute Gasteiger partial charge is 0.266 e. The van der Waals surface area contributed by atoms with Gasteiger partial charge in [-0.25, -0.2) is 0 Å². The van der Waals surface area contributed by atoms with Crippen LogP contribution >= 0.6 is 0 Å². The minimum absolute atomic E-state index is 0.0557. The zero-order valence-electron chi connectivity index (χ0n) is 20.1. The Hall–Kier alpha value is -4.96. The second-order valence-corrected chi connectivity index (χ2v) is 8.38. The third-order valence-corrected chi connectivity index (χ3v) is 5.49. The van der Waals surface area contributed by atoms with Crippen LogP contribution in [0.25, 0.3) is 17.3 Å². The molecule has 1 heterocycles. The summed E-state index contributed by atoms with van der Waals surface area (Å²) in [7, 11) is 3.35. The molecule has 0 saturated heterocycles. The van der Waals surface area contributed by atoms with Gasteiger partial charge in [0.2, 0.25) is 0 Å². The third-order valence-electron chi connectivity index (χ3n) is 5.49. The summed E-state index contributed by atoms with van der Waals surface area (Å²) in [4.78, 5) is 26.5. The molecule has 4 aromatic rings. The standard InChI is InChI=1S/C29H25N5O2/c1-33(2)29(36)23-13-15-26(16-14-23)31-28(35)24(18-30)17-25-20-34(19-21-9-5-3-6-10-21)32-27(25)22-11-7-4-8-12-22/h3-17,20H,19H2,1-2H3,(H,31,35)/b24-17+. The van der Waals surface area contributed by atoms with E-state index in [0.29, 0.717) is 29.1 Å². The molecule has 7 nitrogen and oxygen atoms in total. The molecule has 36 heavy (non-hydrogen) atoms. The van der Waals surface area contributed by atoms with E-state index in [0.717, 1.165) is 11.1 Å². The number of carbonyl (C=O) groups excluding carboxylic acids is 2. The van der Waals surface area contributed by atoms with Gasteiger partial charge in [0.15, 0.2) is 0 Å². The van der Waals surface area contributed by atoms with Gasteiger partial charge in [-0.3, -0.25) is 14.3 Å². The number of hydrogen-bond acceptors (Lipinski definition) is 4. The Morgan fingerprint density at radius 2 is 1.61 bits per heavy atom. The van der Waals surface area contributed by atoms with Crippen LogP contribution in [0, 0.1) is 11.3 Å². The Balaban J connectivity index is 1.61. The molecule has 0 unspecified atom stereocenters. The van der Waals surface area contributed by atoms with Crippen LogP contribution in [-0.4, -0.2) is 40.6 Å². The van der Waals surface area contributed by atoms with Crippen molar-refractivity contribution in [1.29, 1.82) is 5.26 Å². The average Bonchev–Trinajstić information content (AvgIpc) is 3.30. The molecule has 1 N–H and O–H groups in total. The van der Waals surface area contributed by atoms with Crippen molar-refractivity contribution in [2.75, 3.05) is 19.4 Å². The van der Waals surface area contributed by atoms with E-state index in [-0.39, 0.29) is 11.5 Å². The van der Waals surface area contributed by atoms with Crippen LogP contribution in [0.15, 0.2) is 96.7 Å². The number of nitrogens with one attached hydrogen (secondary N) is 1. The van der Waals surface area contributed by atoms with Gasteiger partial charge in [0, 0.05) is 42.7 Å². The van der Waals surface area contributed by atoms with E-state index in [1.165, 1.54) is 4.90 Å². The second-order valence-electron chi connectivity index (χ2n) is 8.38. The molecule has 0 bridgehead atoms. The fourth-order valence-electron chi connectivity index (χ4n) is 3.67. The minimum atomic E-state index is -0.543. The number of hydrogen-bond donors (Lipinski definition) is 1. The molecule has 3 aromatic carbocycles. The van der Waals surface area contributed by atoms with Gasteiger partial charge in [-0.15, -0.1) is 0 Å². The predicted octanol–water partition coefficient (Wildman–Crippen LogP) is 4.85. The van der Waals surface area contributed by atoms with Crippen LogP contribution in [0.2, 0.25) is 0 Å². The highest BCUT2D eigenvalue weighted by molar-refractivity contribution is 6.10. The summed E-state index contributed by atoms with van der Waals surface area (Å²) in [5.74, 6) is -0.676. The van der Waals surface area contributed by atoms with E-state index >= 15 is 0 Å². The normalized spacial score (nSPS) is 11.0. The first-order chi connectivity index (χ1) is 17.4. The van der Waals surface area contributed by atoms with Crippen molar-refractivity contribution >= 4 is 23.6 Å². The zero-order valence-corrected chi connectivity index (χ0v) is 20.1. The first-order valence-electron chi connectivity index (χ1n) is 11.4. The number of nitriles is 1. The monoisotopic (exact) mass is 475 g/mol. The first-order valence-corrected chi connectivity index (χ1v) is 11.4. The van der Waals surface area contributed by atoms with E-state index in [2.05, 4.69) is 5.32 Å². The highest BCUT2D eigenvalue weighted by atomic mass is 16.2. The lowest BCUT2D eigenvalue weighted by Gasteiger charge is -2.10. The van der Waals surface area contributed by atoms with Crippen molar-refractivity contribution in [1.82, 2.24) is 14.7 Å². The van der Waals surface area contributed by atoms with Gasteiger partial charge in [0.25, 0.3) is 11.8 Å². The lowest BCUT2D eigenvalue weighted by molar-refractivity contribution is -0.112. The van der Waals surface area contributed by atoms with E-state index in [9.17, 15) is 14.9 Å². The van der Waals surface area contributed by atoms with Gasteiger partial charge in [0.1, 0.15) is 11.6 Å². The predicted molar refractivity (Wildman–Crippen MR) is 140 cm³/mol. The number of benzene rings is 3. The fourth-order valence-corrected chi connectivity index (χ4v) is 3.67. The maximum atomic E-state index is 12.9. The van der Waals surface area contributed by atoms with E-state index < -0.39 is 5.91 Å². The van der Waals surface area contributed by atoms with Gasteiger partial charge < -0.3 is 10.2 Å². The lowest BCUT2D eigenvalue weighted by atomic mass is 10.1. The number of rotatable bonds is 7. The molecule has 0 aliphatic carbocycles. The highest BCUT2D eigenvalue weighted by Gasteiger charge is 2.15. The van der Waals surface area contributed by atoms with Crippen molar-refractivity contribution in [2.24, 2.45) is 0 Å². The lowest BCUT2D eigenvalue weighted by Crippen LogP contribution is -2.21. The molecule has 2 amide bonds. The van der Waals surface area contributed by atoms with Crippen LogP contribution < -0.4 is 5.32 Å². The Morgan fingerprint density at radius 1 is 0.972 bits per heavy atom.